The van der Waals surface area contributed by atoms with Crippen LogP contribution in [0, 0.1) is 11.2 Å². The van der Waals surface area contributed by atoms with Crippen LogP contribution in [0.1, 0.15) is 27.2 Å². The molecule has 6 rings (SSSR count). The Kier molecular flexibility index (Phi) is 5.86. The fraction of sp³-hybridized carbons (Fsp3) is 0.172. The van der Waals surface area contributed by atoms with Crippen LogP contribution in [0.5, 0.6) is 0 Å². The normalized spacial score (nSPS) is 11.8. The van der Waals surface area contributed by atoms with Crippen LogP contribution < -0.4 is 5.32 Å². The molecule has 1 aromatic carbocycles. The van der Waals surface area contributed by atoms with Gasteiger partial charge in [0.2, 0.25) is 5.91 Å². The average Bonchev–Trinajstić information content (AvgIpc) is 3.51. The van der Waals surface area contributed by atoms with E-state index in [1.807, 2.05) is 39.0 Å². The number of amides is 1. The molecule has 0 saturated carbocycles. The van der Waals surface area contributed by atoms with Crippen molar-refractivity contribution in [2.75, 3.05) is 5.32 Å². The third kappa shape index (κ3) is 4.84. The van der Waals surface area contributed by atoms with Crippen molar-refractivity contribution in [2.45, 2.75) is 27.2 Å². The zero-order valence-corrected chi connectivity index (χ0v) is 21.6. The number of imidazole rings is 1. The maximum absolute atomic E-state index is 14.5. The van der Waals surface area contributed by atoms with Crippen molar-refractivity contribution in [1.82, 2.24) is 35.1 Å². The smallest absolute Gasteiger partial charge is 0.224 e. The Hall–Kier alpha value is -4.99. The van der Waals surface area contributed by atoms with Gasteiger partial charge in [0.05, 0.1) is 28.6 Å². The van der Waals surface area contributed by atoms with Gasteiger partial charge in [0, 0.05) is 29.9 Å². The Morgan fingerprint density at radius 3 is 2.62 bits per heavy atom. The number of nitrogens with one attached hydrogen (secondary N) is 3. The predicted molar refractivity (Wildman–Crippen MR) is 148 cm³/mol. The van der Waals surface area contributed by atoms with Gasteiger partial charge in [-0.15, -0.1) is 0 Å². The van der Waals surface area contributed by atoms with E-state index in [0.29, 0.717) is 57.1 Å². The Balaban J connectivity index is 1.37. The van der Waals surface area contributed by atoms with Gasteiger partial charge in [0.25, 0.3) is 0 Å². The Bertz CT molecular complexity index is 1850. The summed E-state index contributed by atoms with van der Waals surface area (Å²) in [5.74, 6) is 0.0351. The summed E-state index contributed by atoms with van der Waals surface area (Å²) in [5.41, 5.74) is 5.78. The quantitative estimate of drug-likeness (QED) is 0.251. The number of benzene rings is 1. The van der Waals surface area contributed by atoms with Crippen LogP contribution in [-0.2, 0) is 4.79 Å². The van der Waals surface area contributed by atoms with Gasteiger partial charge < -0.3 is 10.3 Å². The lowest BCUT2D eigenvalue weighted by molar-refractivity contribution is -0.117. The van der Waals surface area contributed by atoms with Crippen LogP contribution in [0.2, 0.25) is 0 Å². The number of rotatable bonds is 5. The van der Waals surface area contributed by atoms with Crippen LogP contribution in [0.3, 0.4) is 0 Å². The number of nitrogens with zero attached hydrogens (tertiary/aromatic N) is 5. The van der Waals surface area contributed by atoms with Crippen molar-refractivity contribution in [3.8, 4) is 34.0 Å². The standard InChI is InChI=1S/C29H25FN8O/c1-29(2,3)13-23(39)33-17-12-16(14-31-15-17)20-8-9-22-26(34-20)27(38-37-22)28-35-21-10-11-32-24(25(21)36-28)18-6-4-5-7-19(18)30/h4-12,14-15H,13H2,1-3H3,(H,33,39)(H,35,36)(H,37,38). The second-order valence-electron chi connectivity index (χ2n) is 10.5. The van der Waals surface area contributed by atoms with E-state index in [-0.39, 0.29) is 17.1 Å². The molecule has 0 radical (unpaired) electrons. The number of carbonyl (C=O) groups is 1. The lowest BCUT2D eigenvalue weighted by atomic mass is 9.92. The lowest BCUT2D eigenvalue weighted by Crippen LogP contribution is -2.19. The Morgan fingerprint density at radius 1 is 0.974 bits per heavy atom. The van der Waals surface area contributed by atoms with Crippen molar-refractivity contribution in [1.29, 1.82) is 0 Å². The van der Waals surface area contributed by atoms with Crippen LogP contribution in [0.15, 0.2) is 67.1 Å². The SMILES string of the molecule is CC(C)(C)CC(=O)Nc1cncc(-c2ccc3[nH]nc(-c4nc5c(-c6ccccc6F)nccc5[nH]4)c3n2)c1. The van der Waals surface area contributed by atoms with Gasteiger partial charge in [-0.25, -0.2) is 14.4 Å². The van der Waals surface area contributed by atoms with Crippen molar-refractivity contribution < 1.29 is 9.18 Å². The molecule has 3 N–H and O–H groups in total. The monoisotopic (exact) mass is 520 g/mol. The van der Waals surface area contributed by atoms with E-state index in [9.17, 15) is 9.18 Å². The minimum absolute atomic E-state index is 0.0730. The van der Waals surface area contributed by atoms with Gasteiger partial charge >= 0.3 is 0 Å². The van der Waals surface area contributed by atoms with Crippen molar-refractivity contribution in [3.05, 3.63) is 72.9 Å². The van der Waals surface area contributed by atoms with Crippen LogP contribution >= 0.6 is 0 Å². The van der Waals surface area contributed by atoms with Gasteiger partial charge in [-0.1, -0.05) is 32.9 Å². The summed E-state index contributed by atoms with van der Waals surface area (Å²) in [7, 11) is 0. The van der Waals surface area contributed by atoms with Gasteiger partial charge in [-0.2, -0.15) is 5.10 Å². The van der Waals surface area contributed by atoms with Gasteiger partial charge in [-0.05, 0) is 41.8 Å². The maximum atomic E-state index is 14.5. The first kappa shape index (κ1) is 24.4. The number of anilines is 1. The number of fused-ring (bicyclic) bond motifs is 2. The molecule has 0 saturated heterocycles. The Morgan fingerprint density at radius 2 is 1.79 bits per heavy atom. The fourth-order valence-corrected chi connectivity index (χ4v) is 4.46. The minimum atomic E-state index is -0.371. The number of pyridine rings is 3. The van der Waals surface area contributed by atoms with Crippen LogP contribution in [-0.4, -0.2) is 41.0 Å². The molecular formula is C29H25FN8O. The molecule has 0 bridgehead atoms. The van der Waals surface area contributed by atoms with Crippen molar-refractivity contribution in [2.24, 2.45) is 5.41 Å². The van der Waals surface area contributed by atoms with Crippen LogP contribution in [0.25, 0.3) is 56.1 Å². The van der Waals surface area contributed by atoms with Gasteiger partial charge in [0.1, 0.15) is 22.5 Å². The average molecular weight is 521 g/mol. The number of aromatic nitrogens is 7. The molecule has 0 atom stereocenters. The first-order valence-corrected chi connectivity index (χ1v) is 12.5. The molecule has 194 valence electrons. The topological polar surface area (TPSA) is 125 Å². The summed E-state index contributed by atoms with van der Waals surface area (Å²) in [6, 6.07) is 13.9. The number of carbonyl (C=O) groups excluding carboxylic acids is 1. The van der Waals surface area contributed by atoms with Crippen molar-refractivity contribution >= 4 is 33.7 Å². The van der Waals surface area contributed by atoms with E-state index in [4.69, 9.17) is 9.97 Å². The number of halogens is 1. The summed E-state index contributed by atoms with van der Waals surface area (Å²) in [5, 5.41) is 10.4. The summed E-state index contributed by atoms with van der Waals surface area (Å²) >= 11 is 0. The van der Waals surface area contributed by atoms with Crippen molar-refractivity contribution in [3.63, 3.8) is 0 Å². The molecule has 0 aliphatic rings. The number of H-pyrrole nitrogens is 2. The zero-order chi connectivity index (χ0) is 27.1. The summed E-state index contributed by atoms with van der Waals surface area (Å²) in [6.07, 6.45) is 5.32. The molecule has 0 fully saturated rings. The molecule has 0 aliphatic heterocycles. The molecule has 9 nitrogen and oxygen atoms in total. The van der Waals surface area contributed by atoms with E-state index >= 15 is 0 Å². The first-order valence-electron chi connectivity index (χ1n) is 12.5. The molecule has 0 aliphatic carbocycles. The zero-order valence-electron chi connectivity index (χ0n) is 21.6. The van der Waals surface area contributed by atoms with E-state index in [1.54, 1.807) is 42.9 Å². The summed E-state index contributed by atoms with van der Waals surface area (Å²) in [4.78, 5) is 34.0. The molecule has 0 spiro atoms. The van der Waals surface area contributed by atoms with E-state index in [1.165, 1.54) is 6.07 Å². The largest absolute Gasteiger partial charge is 0.336 e. The van der Waals surface area contributed by atoms with E-state index < -0.39 is 0 Å². The molecule has 5 heterocycles. The van der Waals surface area contributed by atoms with E-state index in [2.05, 4.69) is 30.5 Å². The molecule has 5 aromatic heterocycles. The minimum Gasteiger partial charge on any atom is -0.336 e. The Labute approximate surface area is 223 Å². The molecule has 10 heteroatoms. The third-order valence-electron chi connectivity index (χ3n) is 6.17. The molecule has 39 heavy (non-hydrogen) atoms. The van der Waals surface area contributed by atoms with Gasteiger partial charge in [0.15, 0.2) is 11.5 Å². The predicted octanol–water partition coefficient (Wildman–Crippen LogP) is 6.14. The van der Waals surface area contributed by atoms with Gasteiger partial charge in [-0.3, -0.25) is 19.9 Å². The second-order valence-corrected chi connectivity index (χ2v) is 10.5. The van der Waals surface area contributed by atoms with Crippen LogP contribution in [0.4, 0.5) is 10.1 Å². The summed E-state index contributed by atoms with van der Waals surface area (Å²) < 4.78 is 14.5. The number of hydrogen-bond donors (Lipinski definition) is 3. The van der Waals surface area contributed by atoms with E-state index in [0.717, 1.165) is 11.1 Å². The fourth-order valence-electron chi connectivity index (χ4n) is 4.46. The highest BCUT2D eigenvalue weighted by molar-refractivity contribution is 5.95. The number of aromatic amines is 2. The molecule has 0 unspecified atom stereocenters. The highest BCUT2D eigenvalue weighted by atomic mass is 19.1. The molecule has 6 aromatic rings. The second kappa shape index (κ2) is 9.39. The maximum Gasteiger partial charge on any atom is 0.224 e. The number of hydrogen-bond acceptors (Lipinski definition) is 6. The molecular weight excluding hydrogens is 495 g/mol. The summed E-state index contributed by atoms with van der Waals surface area (Å²) in [6.45, 7) is 6.05. The highest BCUT2D eigenvalue weighted by Gasteiger charge is 2.19. The highest BCUT2D eigenvalue weighted by Crippen LogP contribution is 2.32. The first-order chi connectivity index (χ1) is 18.7. The lowest BCUT2D eigenvalue weighted by Gasteiger charge is -2.17. The molecule has 1 amide bonds. The third-order valence-corrected chi connectivity index (χ3v) is 6.17.